The van der Waals surface area contributed by atoms with Gasteiger partial charge in [0.25, 0.3) is 0 Å². The number of ether oxygens (including phenoxy) is 1. The van der Waals surface area contributed by atoms with Crippen LogP contribution < -0.4 is 11.1 Å². The summed E-state index contributed by atoms with van der Waals surface area (Å²) in [5.74, 6) is 0.146. The summed E-state index contributed by atoms with van der Waals surface area (Å²) < 4.78 is 5.60. The van der Waals surface area contributed by atoms with E-state index in [0.29, 0.717) is 26.1 Å². The molecule has 0 bridgehead atoms. The summed E-state index contributed by atoms with van der Waals surface area (Å²) in [6.07, 6.45) is 2.78. The van der Waals surface area contributed by atoms with Crippen molar-refractivity contribution >= 4 is 11.8 Å². The Morgan fingerprint density at radius 2 is 2.17 bits per heavy atom. The Balaban J connectivity index is 1.51. The Morgan fingerprint density at radius 1 is 1.33 bits per heavy atom. The average Bonchev–Trinajstić information content (AvgIpc) is 3.23. The minimum atomic E-state index is -0.385. The van der Waals surface area contributed by atoms with Crippen LogP contribution in [0.15, 0.2) is 24.3 Å². The average molecular weight is 331 g/mol. The van der Waals surface area contributed by atoms with Crippen LogP contribution in [-0.4, -0.2) is 42.0 Å². The Bertz CT molecular complexity index is 605. The van der Waals surface area contributed by atoms with Crippen molar-refractivity contribution in [1.29, 1.82) is 0 Å². The third-order valence-electron chi connectivity index (χ3n) is 4.67. The summed E-state index contributed by atoms with van der Waals surface area (Å²) in [4.78, 5) is 25.8. The molecule has 6 nitrogen and oxygen atoms in total. The zero-order chi connectivity index (χ0) is 16.9. The first-order chi connectivity index (χ1) is 11.7. The summed E-state index contributed by atoms with van der Waals surface area (Å²) in [6, 6.07) is 8.01. The standard InChI is InChI=1S/C18H25N3O3/c19-10-15-6-7-16(24-15)18(23)20-11-13-3-1-4-14(9-13)12-21-8-2-5-17(21)22/h1,3-4,9,15-16H,2,5-8,10-12,19H2,(H,20,23)/t15-,16+/m1/s1. The van der Waals surface area contributed by atoms with E-state index in [1.54, 1.807) is 0 Å². The molecule has 3 N–H and O–H groups in total. The van der Waals surface area contributed by atoms with Crippen LogP contribution in [0, 0.1) is 0 Å². The zero-order valence-electron chi connectivity index (χ0n) is 13.9. The van der Waals surface area contributed by atoms with Gasteiger partial charge in [0.1, 0.15) is 6.10 Å². The maximum absolute atomic E-state index is 12.2. The Morgan fingerprint density at radius 3 is 2.88 bits per heavy atom. The summed E-state index contributed by atoms with van der Waals surface area (Å²) in [6.45, 7) is 2.40. The van der Waals surface area contributed by atoms with Crippen molar-refractivity contribution in [2.75, 3.05) is 13.1 Å². The molecule has 0 saturated carbocycles. The van der Waals surface area contributed by atoms with Crippen LogP contribution in [0.4, 0.5) is 0 Å². The number of hydrogen-bond acceptors (Lipinski definition) is 4. The molecular formula is C18H25N3O3. The fourth-order valence-electron chi connectivity index (χ4n) is 3.30. The lowest BCUT2D eigenvalue weighted by atomic mass is 10.1. The lowest BCUT2D eigenvalue weighted by Gasteiger charge is -2.16. The Kier molecular flexibility index (Phi) is 5.48. The molecule has 0 radical (unpaired) electrons. The van der Waals surface area contributed by atoms with Gasteiger partial charge < -0.3 is 20.7 Å². The fraction of sp³-hybridized carbons (Fsp3) is 0.556. The molecule has 1 aromatic carbocycles. The summed E-state index contributed by atoms with van der Waals surface area (Å²) in [5, 5.41) is 2.93. The molecular weight excluding hydrogens is 306 g/mol. The summed E-state index contributed by atoms with van der Waals surface area (Å²) in [5.41, 5.74) is 7.69. The van der Waals surface area contributed by atoms with Gasteiger partial charge in [0.15, 0.2) is 0 Å². The predicted octanol–water partition coefficient (Wildman–Crippen LogP) is 0.931. The number of hydrogen-bond donors (Lipinski definition) is 2. The van der Waals surface area contributed by atoms with Gasteiger partial charge in [0, 0.05) is 32.6 Å². The first-order valence-corrected chi connectivity index (χ1v) is 8.64. The van der Waals surface area contributed by atoms with Crippen molar-refractivity contribution in [1.82, 2.24) is 10.2 Å². The maximum Gasteiger partial charge on any atom is 0.249 e. The quantitative estimate of drug-likeness (QED) is 0.812. The number of amides is 2. The van der Waals surface area contributed by atoms with Crippen molar-refractivity contribution in [2.24, 2.45) is 5.73 Å². The molecule has 2 atom stereocenters. The highest BCUT2D eigenvalue weighted by Gasteiger charge is 2.29. The summed E-state index contributed by atoms with van der Waals surface area (Å²) >= 11 is 0. The lowest BCUT2D eigenvalue weighted by Crippen LogP contribution is -2.35. The van der Waals surface area contributed by atoms with E-state index < -0.39 is 0 Å². The second-order valence-electron chi connectivity index (χ2n) is 6.52. The van der Waals surface area contributed by atoms with Crippen molar-refractivity contribution in [3.8, 4) is 0 Å². The largest absolute Gasteiger partial charge is 0.364 e. The van der Waals surface area contributed by atoms with Gasteiger partial charge in [0.05, 0.1) is 6.10 Å². The van der Waals surface area contributed by atoms with Gasteiger partial charge in [-0.2, -0.15) is 0 Å². The van der Waals surface area contributed by atoms with E-state index in [9.17, 15) is 9.59 Å². The zero-order valence-corrected chi connectivity index (χ0v) is 13.9. The van der Waals surface area contributed by atoms with Gasteiger partial charge in [-0.15, -0.1) is 0 Å². The highest BCUT2D eigenvalue weighted by atomic mass is 16.5. The second-order valence-corrected chi connectivity index (χ2v) is 6.52. The molecule has 0 unspecified atom stereocenters. The normalized spacial score (nSPS) is 23.7. The fourth-order valence-corrected chi connectivity index (χ4v) is 3.30. The number of carbonyl (C=O) groups excluding carboxylic acids is 2. The van der Waals surface area contributed by atoms with Gasteiger partial charge in [0.2, 0.25) is 11.8 Å². The van der Waals surface area contributed by atoms with Crippen LogP contribution in [-0.2, 0) is 27.4 Å². The molecule has 2 amide bonds. The minimum absolute atomic E-state index is 0.00192. The van der Waals surface area contributed by atoms with Crippen molar-refractivity contribution < 1.29 is 14.3 Å². The van der Waals surface area contributed by atoms with Gasteiger partial charge in [-0.05, 0) is 30.4 Å². The molecule has 24 heavy (non-hydrogen) atoms. The predicted molar refractivity (Wildman–Crippen MR) is 89.9 cm³/mol. The third kappa shape index (κ3) is 4.13. The molecule has 1 aromatic rings. The van der Waals surface area contributed by atoms with Crippen molar-refractivity contribution in [3.05, 3.63) is 35.4 Å². The van der Waals surface area contributed by atoms with Crippen LogP contribution in [0.1, 0.15) is 36.8 Å². The van der Waals surface area contributed by atoms with Crippen LogP contribution >= 0.6 is 0 Å². The van der Waals surface area contributed by atoms with E-state index in [1.807, 2.05) is 29.2 Å². The number of likely N-dealkylation sites (tertiary alicyclic amines) is 1. The summed E-state index contributed by atoms with van der Waals surface area (Å²) in [7, 11) is 0. The highest BCUT2D eigenvalue weighted by molar-refractivity contribution is 5.81. The molecule has 2 heterocycles. The van der Waals surface area contributed by atoms with Crippen molar-refractivity contribution in [3.63, 3.8) is 0 Å². The first-order valence-electron chi connectivity index (χ1n) is 8.64. The molecule has 2 fully saturated rings. The molecule has 2 aliphatic heterocycles. The maximum atomic E-state index is 12.2. The molecule has 2 saturated heterocycles. The van der Waals surface area contributed by atoms with Crippen LogP contribution in [0.3, 0.4) is 0 Å². The van der Waals surface area contributed by atoms with E-state index in [2.05, 4.69) is 5.32 Å². The number of benzene rings is 1. The first kappa shape index (κ1) is 16.9. The SMILES string of the molecule is NC[C@H]1CC[C@@H](C(=O)NCc2cccc(CN3CCCC3=O)c2)O1. The van der Waals surface area contributed by atoms with E-state index in [4.69, 9.17) is 10.5 Å². The molecule has 6 heteroatoms. The van der Waals surface area contributed by atoms with Crippen LogP contribution in [0.5, 0.6) is 0 Å². The van der Waals surface area contributed by atoms with Gasteiger partial charge in [-0.3, -0.25) is 9.59 Å². The highest BCUT2D eigenvalue weighted by Crippen LogP contribution is 2.19. The number of nitrogens with zero attached hydrogens (tertiary/aromatic N) is 1. The molecule has 3 rings (SSSR count). The monoisotopic (exact) mass is 331 g/mol. The van der Waals surface area contributed by atoms with E-state index in [1.165, 1.54) is 0 Å². The molecule has 0 spiro atoms. The van der Waals surface area contributed by atoms with Crippen LogP contribution in [0.2, 0.25) is 0 Å². The third-order valence-corrected chi connectivity index (χ3v) is 4.67. The minimum Gasteiger partial charge on any atom is -0.364 e. The number of rotatable bonds is 6. The number of nitrogens with one attached hydrogen (secondary N) is 1. The molecule has 0 aromatic heterocycles. The smallest absolute Gasteiger partial charge is 0.249 e. The van der Waals surface area contributed by atoms with Gasteiger partial charge in [-0.1, -0.05) is 24.3 Å². The molecule has 0 aliphatic carbocycles. The van der Waals surface area contributed by atoms with E-state index in [-0.39, 0.29) is 24.0 Å². The van der Waals surface area contributed by atoms with E-state index >= 15 is 0 Å². The van der Waals surface area contributed by atoms with E-state index in [0.717, 1.165) is 36.9 Å². The second kappa shape index (κ2) is 7.77. The molecule has 130 valence electrons. The Hall–Kier alpha value is -1.92. The topological polar surface area (TPSA) is 84.7 Å². The number of carbonyl (C=O) groups is 2. The number of nitrogens with two attached hydrogens (primary N) is 1. The lowest BCUT2D eigenvalue weighted by molar-refractivity contribution is -0.132. The van der Waals surface area contributed by atoms with Crippen LogP contribution in [0.25, 0.3) is 0 Å². The van der Waals surface area contributed by atoms with Crippen molar-refractivity contribution in [2.45, 2.75) is 51.0 Å². The molecule has 2 aliphatic rings. The Labute approximate surface area is 142 Å². The van der Waals surface area contributed by atoms with Gasteiger partial charge >= 0.3 is 0 Å². The van der Waals surface area contributed by atoms with Gasteiger partial charge in [-0.25, -0.2) is 0 Å².